The number of benzene rings is 1. The van der Waals surface area contributed by atoms with E-state index in [1.165, 1.54) is 18.4 Å². The Balaban J connectivity index is 1.86. The van der Waals surface area contributed by atoms with Gasteiger partial charge in [0.15, 0.2) is 11.5 Å². The van der Waals surface area contributed by atoms with Crippen LogP contribution in [0, 0.1) is 0 Å². The lowest BCUT2D eigenvalue weighted by atomic mass is 10.2. The van der Waals surface area contributed by atoms with Crippen molar-refractivity contribution in [2.45, 2.75) is 25.5 Å². The van der Waals surface area contributed by atoms with E-state index in [9.17, 15) is 0 Å². The third kappa shape index (κ3) is 4.25. The highest BCUT2D eigenvalue weighted by atomic mass is 16.5. The maximum atomic E-state index is 5.61. The third-order valence-corrected chi connectivity index (χ3v) is 3.42. The average Bonchev–Trinajstić information content (AvgIpc) is 2.99. The van der Waals surface area contributed by atoms with Crippen molar-refractivity contribution >= 4 is 0 Å². The summed E-state index contributed by atoms with van der Waals surface area (Å²) in [5, 5.41) is 2.29. The number of ether oxygens (including phenoxy) is 3. The van der Waals surface area contributed by atoms with Crippen molar-refractivity contribution in [1.29, 1.82) is 0 Å². The van der Waals surface area contributed by atoms with Gasteiger partial charge in [-0.15, -0.1) is 0 Å². The zero-order chi connectivity index (χ0) is 14.2. The Hall–Kier alpha value is -1.52. The van der Waals surface area contributed by atoms with Gasteiger partial charge in [0.1, 0.15) is 25.8 Å². The van der Waals surface area contributed by atoms with Gasteiger partial charge >= 0.3 is 0 Å². The molecule has 4 heteroatoms. The van der Waals surface area contributed by atoms with E-state index in [2.05, 4.69) is 18.0 Å². The molecule has 1 aromatic rings. The predicted octanol–water partition coefficient (Wildman–Crippen LogP) is 1.50. The second-order valence-electron chi connectivity index (χ2n) is 4.95. The van der Waals surface area contributed by atoms with E-state index in [1.54, 1.807) is 13.2 Å². The van der Waals surface area contributed by atoms with Crippen molar-refractivity contribution in [3.05, 3.63) is 36.4 Å². The Morgan fingerprint density at radius 3 is 3.05 bits per heavy atom. The lowest BCUT2D eigenvalue weighted by molar-refractivity contribution is -0.676. The number of quaternary nitrogens is 1. The molecule has 2 rings (SSSR count). The average molecular weight is 278 g/mol. The number of rotatable bonds is 8. The molecule has 0 spiro atoms. The summed E-state index contributed by atoms with van der Waals surface area (Å²) in [6, 6.07) is 6.06. The highest BCUT2D eigenvalue weighted by Gasteiger charge is 2.16. The fourth-order valence-corrected chi connectivity index (χ4v) is 2.37. The minimum Gasteiger partial charge on any atom is -0.493 e. The number of nitrogens with two attached hydrogens (primary N) is 1. The van der Waals surface area contributed by atoms with E-state index in [-0.39, 0.29) is 0 Å². The first kappa shape index (κ1) is 14.9. The molecule has 0 radical (unpaired) electrons. The smallest absolute Gasteiger partial charge is 0.161 e. The fraction of sp³-hybridized carbons (Fsp3) is 0.500. The normalized spacial score (nSPS) is 17.9. The van der Waals surface area contributed by atoms with Gasteiger partial charge in [0, 0.05) is 12.2 Å². The fourth-order valence-electron chi connectivity index (χ4n) is 2.37. The molecule has 110 valence electrons. The van der Waals surface area contributed by atoms with E-state index >= 15 is 0 Å². The Morgan fingerprint density at radius 1 is 1.45 bits per heavy atom. The summed E-state index contributed by atoms with van der Waals surface area (Å²) < 4.78 is 16.5. The Morgan fingerprint density at radius 2 is 2.35 bits per heavy atom. The van der Waals surface area contributed by atoms with Crippen molar-refractivity contribution in [2.75, 3.05) is 26.9 Å². The van der Waals surface area contributed by atoms with Gasteiger partial charge in [0.05, 0.1) is 7.11 Å². The molecular formula is C16H24NO3+. The second-order valence-corrected chi connectivity index (χ2v) is 4.95. The zero-order valence-corrected chi connectivity index (χ0v) is 12.1. The van der Waals surface area contributed by atoms with Crippen molar-refractivity contribution in [3.8, 4) is 11.5 Å². The van der Waals surface area contributed by atoms with E-state index < -0.39 is 0 Å². The largest absolute Gasteiger partial charge is 0.493 e. The molecule has 0 saturated carbocycles. The summed E-state index contributed by atoms with van der Waals surface area (Å²) in [6.07, 6.45) is 4.53. The molecule has 2 N–H and O–H groups in total. The minimum absolute atomic E-state index is 0.423. The molecule has 1 aliphatic heterocycles. The summed E-state index contributed by atoms with van der Waals surface area (Å²) in [5.41, 5.74) is 1.23. The SMILES string of the molecule is C=CCOc1ccc(C[NH2+]C[C@H]2CCCO2)cc1OC. The lowest BCUT2D eigenvalue weighted by Crippen LogP contribution is -2.84. The van der Waals surface area contributed by atoms with E-state index in [4.69, 9.17) is 14.2 Å². The monoisotopic (exact) mass is 278 g/mol. The number of methoxy groups -OCH3 is 1. The first-order valence-corrected chi connectivity index (χ1v) is 7.17. The van der Waals surface area contributed by atoms with Gasteiger partial charge < -0.3 is 19.5 Å². The van der Waals surface area contributed by atoms with Gasteiger partial charge in [-0.05, 0) is 31.0 Å². The van der Waals surface area contributed by atoms with Crippen molar-refractivity contribution in [2.24, 2.45) is 0 Å². The molecule has 1 aromatic carbocycles. The molecule has 1 fully saturated rings. The maximum absolute atomic E-state index is 5.61. The van der Waals surface area contributed by atoms with Crippen molar-refractivity contribution in [1.82, 2.24) is 0 Å². The molecule has 0 amide bonds. The van der Waals surface area contributed by atoms with Crippen LogP contribution in [0.15, 0.2) is 30.9 Å². The van der Waals surface area contributed by atoms with Gasteiger partial charge in [-0.2, -0.15) is 0 Å². The summed E-state index contributed by atoms with van der Waals surface area (Å²) in [6.45, 7) is 7.00. The van der Waals surface area contributed by atoms with Gasteiger partial charge in [-0.25, -0.2) is 0 Å². The quantitative estimate of drug-likeness (QED) is 0.733. The molecule has 1 heterocycles. The Kier molecular flexibility index (Phi) is 5.89. The molecule has 0 bridgehead atoms. The number of hydrogen-bond acceptors (Lipinski definition) is 3. The maximum Gasteiger partial charge on any atom is 0.161 e. The van der Waals surface area contributed by atoms with Gasteiger partial charge in [-0.1, -0.05) is 12.7 Å². The summed E-state index contributed by atoms with van der Waals surface area (Å²) in [4.78, 5) is 0. The van der Waals surface area contributed by atoms with Crippen LogP contribution in [0.1, 0.15) is 18.4 Å². The predicted molar refractivity (Wildman–Crippen MR) is 78.2 cm³/mol. The lowest BCUT2D eigenvalue weighted by Gasteiger charge is -2.11. The first-order chi connectivity index (χ1) is 9.83. The summed E-state index contributed by atoms with van der Waals surface area (Å²) in [5.74, 6) is 1.53. The molecular weight excluding hydrogens is 254 g/mol. The molecule has 1 aliphatic rings. The van der Waals surface area contributed by atoms with Crippen LogP contribution in [0.2, 0.25) is 0 Å². The highest BCUT2D eigenvalue weighted by molar-refractivity contribution is 5.42. The molecule has 0 aliphatic carbocycles. The van der Waals surface area contributed by atoms with Crippen LogP contribution < -0.4 is 14.8 Å². The summed E-state index contributed by atoms with van der Waals surface area (Å²) in [7, 11) is 1.66. The first-order valence-electron chi connectivity index (χ1n) is 7.17. The van der Waals surface area contributed by atoms with Crippen LogP contribution >= 0.6 is 0 Å². The molecule has 1 saturated heterocycles. The Labute approximate surface area is 120 Å². The third-order valence-electron chi connectivity index (χ3n) is 3.42. The molecule has 0 aromatic heterocycles. The van der Waals surface area contributed by atoms with Crippen LogP contribution in [0.4, 0.5) is 0 Å². The van der Waals surface area contributed by atoms with E-state index in [0.717, 1.165) is 31.2 Å². The van der Waals surface area contributed by atoms with Crippen LogP contribution in [0.25, 0.3) is 0 Å². The van der Waals surface area contributed by atoms with Crippen LogP contribution in [-0.2, 0) is 11.3 Å². The van der Waals surface area contributed by atoms with Crippen LogP contribution in [0.3, 0.4) is 0 Å². The van der Waals surface area contributed by atoms with Crippen LogP contribution in [0.5, 0.6) is 11.5 Å². The van der Waals surface area contributed by atoms with Crippen molar-refractivity contribution in [3.63, 3.8) is 0 Å². The van der Waals surface area contributed by atoms with Gasteiger partial charge in [-0.3, -0.25) is 0 Å². The van der Waals surface area contributed by atoms with Gasteiger partial charge in [0.25, 0.3) is 0 Å². The number of hydrogen-bond donors (Lipinski definition) is 1. The minimum atomic E-state index is 0.423. The molecule has 4 nitrogen and oxygen atoms in total. The topological polar surface area (TPSA) is 44.3 Å². The molecule has 1 atom stereocenters. The van der Waals surface area contributed by atoms with E-state index in [0.29, 0.717) is 12.7 Å². The van der Waals surface area contributed by atoms with Crippen LogP contribution in [-0.4, -0.2) is 33.0 Å². The summed E-state index contributed by atoms with van der Waals surface area (Å²) >= 11 is 0. The standard InChI is InChI=1S/C16H23NO3/c1-3-8-20-15-7-6-13(10-16(15)18-2)11-17-12-14-5-4-9-19-14/h3,6-7,10,14,17H,1,4-5,8-9,11-12H2,2H3/p+1/t14-/m1/s1. The van der Waals surface area contributed by atoms with Gasteiger partial charge in [0.2, 0.25) is 0 Å². The molecule has 0 unspecified atom stereocenters. The molecule has 20 heavy (non-hydrogen) atoms. The highest BCUT2D eigenvalue weighted by Crippen LogP contribution is 2.27. The Bertz CT molecular complexity index is 428. The second kappa shape index (κ2) is 7.92. The van der Waals surface area contributed by atoms with Crippen molar-refractivity contribution < 1.29 is 19.5 Å². The zero-order valence-electron chi connectivity index (χ0n) is 12.1. The van der Waals surface area contributed by atoms with E-state index in [1.807, 2.05) is 12.1 Å².